The molecule has 0 spiro atoms. The third kappa shape index (κ3) is 5.52. The molecule has 0 aromatic heterocycles. The van der Waals surface area contributed by atoms with Gasteiger partial charge in [0.15, 0.2) is 5.83 Å². The number of halogens is 12. The maximum Gasteiger partial charge on any atom is 0.341 e. The third-order valence-electron chi connectivity index (χ3n) is 4.48. The van der Waals surface area contributed by atoms with Gasteiger partial charge in [-0.2, -0.15) is 30.7 Å². The van der Waals surface area contributed by atoms with Crippen LogP contribution >= 0.6 is 0 Å². The highest BCUT2D eigenvalue weighted by molar-refractivity contribution is 5.36. The predicted octanol–water partition coefficient (Wildman–Crippen LogP) is 8.37. The van der Waals surface area contributed by atoms with Crippen LogP contribution in [0.4, 0.5) is 52.7 Å². The molecule has 0 heterocycles. The zero-order chi connectivity index (χ0) is 30.2. The van der Waals surface area contributed by atoms with E-state index >= 15 is 26.3 Å². The summed E-state index contributed by atoms with van der Waals surface area (Å²) in [5.74, 6) is -30.4. The Morgan fingerprint density at radius 1 is 0.474 bits per heavy atom. The summed E-state index contributed by atoms with van der Waals surface area (Å²) in [7, 11) is 0. The molecule has 0 amide bonds. The van der Waals surface area contributed by atoms with Crippen LogP contribution in [0.1, 0.15) is 13.8 Å². The largest absolute Gasteiger partial charge is 0.341 e. The molecule has 38 heavy (non-hydrogen) atoms. The van der Waals surface area contributed by atoms with E-state index in [1.807, 2.05) is 0 Å². The molecule has 0 fully saturated rings. The molecule has 0 saturated carbocycles. The molecular weight excluding hydrogens is 540 g/mol. The Hall–Kier alpha value is -4.26. The van der Waals surface area contributed by atoms with Crippen molar-refractivity contribution < 1.29 is 52.7 Å². The topological polar surface area (TPSA) is 0 Å². The fourth-order valence-corrected chi connectivity index (χ4v) is 2.46. The van der Waals surface area contributed by atoms with Gasteiger partial charge in [-0.1, -0.05) is 17.2 Å². The summed E-state index contributed by atoms with van der Waals surface area (Å²) in [5.41, 5.74) is -3.58. The van der Waals surface area contributed by atoms with Gasteiger partial charge in [0, 0.05) is 6.92 Å². The molecule has 200 valence electrons. The van der Waals surface area contributed by atoms with E-state index in [1.54, 1.807) is 22.9 Å². The van der Waals surface area contributed by atoms with Crippen molar-refractivity contribution in [2.24, 2.45) is 0 Å². The van der Waals surface area contributed by atoms with Crippen LogP contribution in [-0.4, -0.2) is 34.8 Å². The molecule has 12 heteroatoms. The van der Waals surface area contributed by atoms with Crippen molar-refractivity contribution in [3.8, 4) is 0 Å². The molecule has 0 radical (unpaired) electrons. The van der Waals surface area contributed by atoms with Gasteiger partial charge in [-0.25, -0.2) is 22.0 Å². The van der Waals surface area contributed by atoms with Crippen LogP contribution in [0.25, 0.3) is 0 Å². The molecule has 0 rings (SSSR count). The quantitative estimate of drug-likeness (QED) is 0.210. The summed E-state index contributed by atoms with van der Waals surface area (Å²) >= 11 is 0. The van der Waals surface area contributed by atoms with Gasteiger partial charge in [0.2, 0.25) is 17.3 Å². The van der Waals surface area contributed by atoms with Gasteiger partial charge in [-0.15, -0.1) is 0 Å². The molecule has 0 aromatic rings. The van der Waals surface area contributed by atoms with E-state index in [0.29, 0.717) is 11.5 Å². The van der Waals surface area contributed by atoms with E-state index in [-0.39, 0.29) is 0 Å². The second-order valence-electron chi connectivity index (χ2n) is 6.95. The van der Waals surface area contributed by atoms with Crippen LogP contribution < -0.4 is 0 Å². The molecular formula is C26H12F12. The maximum atomic E-state index is 15.8. The molecule has 0 aliphatic heterocycles. The lowest BCUT2D eigenvalue weighted by Crippen LogP contribution is -2.74. The highest BCUT2D eigenvalue weighted by Gasteiger charge is 2.89. The standard InChI is InChI=1S/C26H12F12/c1-6-9-12-15-18(27)21(4,30)25(35,36)24(34,20(29)17-14-11-8-3)26(37,38)23(33,22(5,31)32)19(28)16-13-10-7-2/h1-3H2,4-5H3. The number of hydrogen-bond donors (Lipinski definition) is 0. The fourth-order valence-electron chi connectivity index (χ4n) is 2.46. The summed E-state index contributed by atoms with van der Waals surface area (Å²) in [6, 6.07) is 0. The summed E-state index contributed by atoms with van der Waals surface area (Å²) in [5, 5.41) is 0. The van der Waals surface area contributed by atoms with Crippen LogP contribution in [0.2, 0.25) is 0 Å². The number of allylic oxidation sites excluding steroid dienone is 3. The molecule has 0 aliphatic carbocycles. The Kier molecular flexibility index (Phi) is 10.5. The van der Waals surface area contributed by atoms with Crippen LogP contribution in [0.15, 0.2) is 106 Å². The lowest BCUT2D eigenvalue weighted by atomic mass is 9.72. The van der Waals surface area contributed by atoms with E-state index in [1.165, 1.54) is 22.9 Å². The van der Waals surface area contributed by atoms with Crippen molar-refractivity contribution >= 4 is 0 Å². The second kappa shape index (κ2) is 11.9. The minimum Gasteiger partial charge on any atom is -0.229 e. The number of rotatable bonds is 8. The van der Waals surface area contributed by atoms with E-state index in [0.717, 1.165) is 11.5 Å². The molecule has 0 bridgehead atoms. The average Bonchev–Trinajstić information content (AvgIpc) is 2.81. The minimum absolute atomic E-state index is 0.591. The fraction of sp³-hybridized carbons (Fsp3) is 0.308. The first-order chi connectivity index (χ1) is 17.2. The van der Waals surface area contributed by atoms with E-state index < -0.39 is 66.1 Å². The van der Waals surface area contributed by atoms with Crippen LogP contribution in [0.5, 0.6) is 0 Å². The van der Waals surface area contributed by atoms with Crippen LogP contribution in [-0.2, 0) is 0 Å². The first-order valence-electron chi connectivity index (χ1n) is 9.33. The predicted molar refractivity (Wildman–Crippen MR) is 111 cm³/mol. The van der Waals surface area contributed by atoms with E-state index in [9.17, 15) is 26.3 Å². The Morgan fingerprint density at radius 3 is 1.11 bits per heavy atom. The average molecular weight is 552 g/mol. The summed E-state index contributed by atoms with van der Waals surface area (Å²) < 4.78 is 179. The highest BCUT2D eigenvalue weighted by Crippen LogP contribution is 2.63. The molecule has 3 atom stereocenters. The second-order valence-corrected chi connectivity index (χ2v) is 6.95. The van der Waals surface area contributed by atoms with Crippen molar-refractivity contribution in [3.63, 3.8) is 0 Å². The first-order valence-corrected chi connectivity index (χ1v) is 9.33. The third-order valence-corrected chi connectivity index (χ3v) is 4.48. The lowest BCUT2D eigenvalue weighted by Gasteiger charge is -2.46. The monoisotopic (exact) mass is 552 g/mol. The molecule has 3 unspecified atom stereocenters. The van der Waals surface area contributed by atoms with Gasteiger partial charge < -0.3 is 0 Å². The Morgan fingerprint density at radius 2 is 0.789 bits per heavy atom. The SMILES string of the molecule is C=C=C=C=C=C(F)C(C)(F)C(F)(F)C(F)(C(F)=C=C=C=C=C)C(F)(F)C(F)(C(F)=C=C=C=C=C)C(C)(F)F. The van der Waals surface area contributed by atoms with E-state index in [4.69, 9.17) is 0 Å². The Bertz CT molecular complexity index is 1460. The molecule has 0 saturated heterocycles. The number of alkyl halides is 9. The minimum atomic E-state index is -7.34. The smallest absolute Gasteiger partial charge is 0.229 e. The normalized spacial score (nSPS) is 15.3. The summed E-state index contributed by atoms with van der Waals surface area (Å²) in [6.07, 6.45) is 0. The molecule has 0 nitrogen and oxygen atoms in total. The van der Waals surface area contributed by atoms with Gasteiger partial charge in [0.05, 0.1) is 0 Å². The number of hydrogen-bond acceptors (Lipinski definition) is 0. The van der Waals surface area contributed by atoms with Gasteiger partial charge in [0.1, 0.15) is 0 Å². The van der Waals surface area contributed by atoms with Crippen molar-refractivity contribution in [1.29, 1.82) is 0 Å². The van der Waals surface area contributed by atoms with Gasteiger partial charge in [-0.05, 0) is 78.2 Å². The van der Waals surface area contributed by atoms with Crippen molar-refractivity contribution in [3.05, 3.63) is 106 Å². The Labute approximate surface area is 208 Å². The van der Waals surface area contributed by atoms with E-state index in [2.05, 4.69) is 19.7 Å². The van der Waals surface area contributed by atoms with Crippen LogP contribution in [0, 0.1) is 0 Å². The molecule has 0 N–H and O–H groups in total. The van der Waals surface area contributed by atoms with Crippen LogP contribution in [0.3, 0.4) is 0 Å². The van der Waals surface area contributed by atoms with Crippen molar-refractivity contribution in [1.82, 2.24) is 0 Å². The summed E-state index contributed by atoms with van der Waals surface area (Å²) in [6.45, 7) is 6.97. The highest BCUT2D eigenvalue weighted by atomic mass is 19.3. The molecule has 0 aromatic carbocycles. The van der Waals surface area contributed by atoms with Crippen molar-refractivity contribution in [2.75, 3.05) is 0 Å². The van der Waals surface area contributed by atoms with Gasteiger partial charge >= 0.3 is 17.5 Å². The molecule has 0 aliphatic rings. The Balaban J connectivity index is 8.53. The van der Waals surface area contributed by atoms with Gasteiger partial charge in [0.25, 0.3) is 11.6 Å². The first kappa shape index (κ1) is 33.7. The lowest BCUT2D eigenvalue weighted by molar-refractivity contribution is -0.331. The van der Waals surface area contributed by atoms with Gasteiger partial charge in [-0.3, -0.25) is 0 Å². The van der Waals surface area contributed by atoms with Crippen molar-refractivity contribution in [2.45, 2.75) is 48.6 Å². The maximum absolute atomic E-state index is 15.8. The zero-order valence-electron chi connectivity index (χ0n) is 19.2. The zero-order valence-corrected chi connectivity index (χ0v) is 19.2. The summed E-state index contributed by atoms with van der Waals surface area (Å²) in [4.78, 5) is 0.